The van der Waals surface area contributed by atoms with Crippen LogP contribution in [0.5, 0.6) is 0 Å². The summed E-state index contributed by atoms with van der Waals surface area (Å²) in [7, 11) is 0. The van der Waals surface area contributed by atoms with Gasteiger partial charge in [-0.25, -0.2) is 0 Å². The third-order valence-corrected chi connectivity index (χ3v) is 5.58. The SMILES string of the molecule is CC(=O)NC1C(C(N)=O)OC(O)C(OC2OC(CO)C(O)C(NC(C)=O)C2NC(C)=O)C1C. The highest BCUT2D eigenvalue weighted by atomic mass is 16.7. The van der Waals surface area contributed by atoms with Gasteiger partial charge >= 0.3 is 0 Å². The Labute approximate surface area is 190 Å². The highest BCUT2D eigenvalue weighted by molar-refractivity contribution is 5.81. The van der Waals surface area contributed by atoms with Crippen LogP contribution >= 0.6 is 0 Å². The van der Waals surface area contributed by atoms with Crippen molar-refractivity contribution in [3.63, 3.8) is 0 Å². The van der Waals surface area contributed by atoms with Crippen molar-refractivity contribution in [1.82, 2.24) is 16.0 Å². The van der Waals surface area contributed by atoms with E-state index in [2.05, 4.69) is 16.0 Å². The zero-order valence-corrected chi connectivity index (χ0v) is 18.8. The predicted molar refractivity (Wildman–Crippen MR) is 109 cm³/mol. The van der Waals surface area contributed by atoms with E-state index in [9.17, 15) is 34.5 Å². The van der Waals surface area contributed by atoms with Gasteiger partial charge in [-0.05, 0) is 0 Å². The molecule has 4 amide bonds. The van der Waals surface area contributed by atoms with Crippen LogP contribution in [0.2, 0.25) is 0 Å². The molecule has 33 heavy (non-hydrogen) atoms. The minimum Gasteiger partial charge on any atom is -0.394 e. The van der Waals surface area contributed by atoms with Crippen molar-refractivity contribution in [2.45, 2.75) is 82.8 Å². The molecule has 0 aromatic carbocycles. The number of nitrogens with one attached hydrogen (secondary N) is 3. The van der Waals surface area contributed by atoms with Crippen LogP contribution in [-0.2, 0) is 33.4 Å². The second-order valence-corrected chi connectivity index (χ2v) is 8.20. The maximum Gasteiger partial charge on any atom is 0.248 e. The Hall–Kier alpha value is -2.36. The molecule has 0 radical (unpaired) electrons. The number of aliphatic hydroxyl groups excluding tert-OH is 3. The minimum atomic E-state index is -1.68. The zero-order chi connectivity index (χ0) is 25.0. The van der Waals surface area contributed by atoms with Crippen LogP contribution in [0, 0.1) is 5.92 Å². The van der Waals surface area contributed by atoms with E-state index in [1.807, 2.05) is 0 Å². The Morgan fingerprint density at radius 3 is 1.91 bits per heavy atom. The summed E-state index contributed by atoms with van der Waals surface area (Å²) in [6, 6.07) is -3.19. The first-order valence-corrected chi connectivity index (χ1v) is 10.4. The summed E-state index contributed by atoms with van der Waals surface area (Å²) >= 11 is 0. The molecule has 8 N–H and O–H groups in total. The average molecular weight is 476 g/mol. The van der Waals surface area contributed by atoms with Crippen LogP contribution in [0.25, 0.3) is 0 Å². The van der Waals surface area contributed by atoms with Gasteiger partial charge in [0.2, 0.25) is 23.6 Å². The summed E-state index contributed by atoms with van der Waals surface area (Å²) in [4.78, 5) is 47.0. The number of hydrogen-bond acceptors (Lipinski definition) is 10. The second-order valence-electron chi connectivity index (χ2n) is 8.20. The molecule has 188 valence electrons. The van der Waals surface area contributed by atoms with Crippen molar-refractivity contribution in [2.24, 2.45) is 11.7 Å². The molecule has 0 aliphatic carbocycles. The van der Waals surface area contributed by atoms with Crippen LogP contribution in [0.15, 0.2) is 0 Å². The minimum absolute atomic E-state index is 0.476. The Morgan fingerprint density at radius 1 is 0.909 bits per heavy atom. The number of rotatable bonds is 7. The van der Waals surface area contributed by atoms with Gasteiger partial charge < -0.3 is 51.2 Å². The molecule has 2 rings (SSSR count). The lowest BCUT2D eigenvalue weighted by Gasteiger charge is -2.48. The molecule has 2 aliphatic rings. The van der Waals surface area contributed by atoms with Gasteiger partial charge in [-0.15, -0.1) is 0 Å². The number of nitrogens with two attached hydrogens (primary N) is 1. The zero-order valence-electron chi connectivity index (χ0n) is 18.8. The second kappa shape index (κ2) is 11.2. The summed E-state index contributed by atoms with van der Waals surface area (Å²) < 4.78 is 16.8. The summed E-state index contributed by atoms with van der Waals surface area (Å²) in [6.45, 7) is 4.58. The van der Waals surface area contributed by atoms with Gasteiger partial charge in [0.15, 0.2) is 18.7 Å². The summed E-state index contributed by atoms with van der Waals surface area (Å²) in [5.74, 6) is -3.17. The lowest BCUT2D eigenvalue weighted by molar-refractivity contribution is -0.318. The maximum atomic E-state index is 11.8. The van der Waals surface area contributed by atoms with Crippen LogP contribution in [0.4, 0.5) is 0 Å². The largest absolute Gasteiger partial charge is 0.394 e. The molecular formula is C19H32N4O10. The molecule has 0 aromatic rings. The van der Waals surface area contributed by atoms with Crippen molar-refractivity contribution in [3.8, 4) is 0 Å². The molecule has 2 aliphatic heterocycles. The van der Waals surface area contributed by atoms with Gasteiger partial charge in [0.25, 0.3) is 0 Å². The van der Waals surface area contributed by atoms with Crippen LogP contribution in [-0.4, -0.2) is 101 Å². The number of ether oxygens (including phenoxy) is 3. The fourth-order valence-electron chi connectivity index (χ4n) is 4.10. The van der Waals surface area contributed by atoms with Crippen molar-refractivity contribution in [1.29, 1.82) is 0 Å². The van der Waals surface area contributed by atoms with Crippen molar-refractivity contribution < 1.29 is 48.7 Å². The first kappa shape index (κ1) is 26.9. The Kier molecular flexibility index (Phi) is 9.11. The van der Waals surface area contributed by atoms with Crippen LogP contribution < -0.4 is 21.7 Å². The van der Waals surface area contributed by atoms with E-state index >= 15 is 0 Å². The Balaban J connectivity index is 2.36. The quantitative estimate of drug-likeness (QED) is 0.188. The summed E-state index contributed by atoms with van der Waals surface area (Å²) in [5, 5.41) is 38.3. The Bertz CT molecular complexity index is 752. The van der Waals surface area contributed by atoms with Gasteiger partial charge in [0, 0.05) is 26.7 Å². The van der Waals surface area contributed by atoms with E-state index in [0.29, 0.717) is 0 Å². The first-order chi connectivity index (χ1) is 15.4. The van der Waals surface area contributed by atoms with Gasteiger partial charge in [-0.2, -0.15) is 0 Å². The molecular weight excluding hydrogens is 444 g/mol. The molecule has 0 aromatic heterocycles. The topological polar surface area (TPSA) is 219 Å². The van der Waals surface area contributed by atoms with Crippen molar-refractivity contribution in [2.75, 3.05) is 6.61 Å². The van der Waals surface area contributed by atoms with E-state index < -0.39 is 91.3 Å². The smallest absolute Gasteiger partial charge is 0.248 e. The molecule has 14 heteroatoms. The van der Waals surface area contributed by atoms with E-state index in [0.717, 1.165) is 0 Å². The maximum absolute atomic E-state index is 11.8. The number of amides is 4. The lowest BCUT2D eigenvalue weighted by Crippen LogP contribution is -2.71. The average Bonchev–Trinajstić information content (AvgIpc) is 2.70. The molecule has 2 fully saturated rings. The van der Waals surface area contributed by atoms with Gasteiger partial charge in [0.1, 0.15) is 24.4 Å². The molecule has 10 unspecified atom stereocenters. The number of hydrogen-bond donors (Lipinski definition) is 7. The number of carbonyl (C=O) groups excluding carboxylic acids is 4. The van der Waals surface area contributed by atoms with Crippen molar-refractivity contribution >= 4 is 23.6 Å². The predicted octanol–water partition coefficient (Wildman–Crippen LogP) is -4.20. The highest BCUT2D eigenvalue weighted by Crippen LogP contribution is 2.31. The van der Waals surface area contributed by atoms with Gasteiger partial charge in [0.05, 0.1) is 18.7 Å². The van der Waals surface area contributed by atoms with E-state index in [-0.39, 0.29) is 0 Å². The monoisotopic (exact) mass is 476 g/mol. The molecule has 0 bridgehead atoms. The van der Waals surface area contributed by atoms with Crippen LogP contribution in [0.1, 0.15) is 27.7 Å². The van der Waals surface area contributed by atoms with E-state index in [1.165, 1.54) is 20.8 Å². The molecule has 0 spiro atoms. The lowest BCUT2D eigenvalue weighted by atomic mass is 9.87. The fourth-order valence-corrected chi connectivity index (χ4v) is 4.10. The van der Waals surface area contributed by atoms with E-state index in [1.54, 1.807) is 6.92 Å². The van der Waals surface area contributed by atoms with Crippen LogP contribution in [0.3, 0.4) is 0 Å². The fraction of sp³-hybridized carbons (Fsp3) is 0.789. The summed E-state index contributed by atoms with van der Waals surface area (Å²) in [5.41, 5.74) is 5.35. The van der Waals surface area contributed by atoms with Gasteiger partial charge in [-0.1, -0.05) is 6.92 Å². The third-order valence-electron chi connectivity index (χ3n) is 5.58. The normalized spacial score (nSPS) is 38.8. The third kappa shape index (κ3) is 6.37. The molecule has 14 nitrogen and oxygen atoms in total. The number of primary amides is 1. The number of carbonyl (C=O) groups is 4. The molecule has 0 saturated carbocycles. The molecule has 2 saturated heterocycles. The standard InChI is InChI=1S/C19H32N4O10/c1-6-11(21-7(2)25)16(17(20)29)32-18(30)15(6)33-19-13(23-9(4)27)12(22-8(3)26)14(28)10(5-24)31-19/h6,10-16,18-19,24,28,30H,5H2,1-4H3,(H2,20,29)(H,21,25)(H,22,26)(H,23,27). The summed E-state index contributed by atoms with van der Waals surface area (Å²) in [6.07, 6.45) is -8.18. The van der Waals surface area contributed by atoms with Gasteiger partial charge in [-0.3, -0.25) is 19.2 Å². The first-order valence-electron chi connectivity index (χ1n) is 10.4. The van der Waals surface area contributed by atoms with E-state index in [4.69, 9.17) is 19.9 Å². The number of aliphatic hydroxyl groups is 3. The molecule has 10 atom stereocenters. The molecule has 2 heterocycles. The van der Waals surface area contributed by atoms with Crippen molar-refractivity contribution in [3.05, 3.63) is 0 Å². The highest BCUT2D eigenvalue weighted by Gasteiger charge is 2.51. The Morgan fingerprint density at radius 2 is 1.42 bits per heavy atom.